The Balaban J connectivity index is 1.65. The average Bonchev–Trinajstić information content (AvgIpc) is 3.15. The Morgan fingerprint density at radius 2 is 1.79 bits per heavy atom. The van der Waals surface area contributed by atoms with Crippen molar-refractivity contribution in [2.75, 3.05) is 4.90 Å². The molecule has 0 atom stereocenters. The minimum atomic E-state index is -0.579. The lowest BCUT2D eigenvalue weighted by molar-refractivity contribution is 0.0895. The fourth-order valence-electron chi connectivity index (χ4n) is 3.72. The maximum Gasteiger partial charge on any atom is 0.256 e. The number of benzene rings is 1. The van der Waals surface area contributed by atoms with Gasteiger partial charge in [0.25, 0.3) is 5.91 Å². The summed E-state index contributed by atoms with van der Waals surface area (Å²) in [5.74, 6) is 1.24. The SMILES string of the molecule is CC1(C)NC(=O)c2ccc(-n3ccc4nccnc43)nc2N1Cc1ccccc1. The summed E-state index contributed by atoms with van der Waals surface area (Å²) in [6, 6.07) is 15.7. The van der Waals surface area contributed by atoms with Gasteiger partial charge in [0, 0.05) is 25.1 Å². The molecule has 1 N–H and O–H groups in total. The van der Waals surface area contributed by atoms with Crippen molar-refractivity contribution in [3.63, 3.8) is 0 Å². The average molecular weight is 384 g/mol. The van der Waals surface area contributed by atoms with Crippen molar-refractivity contribution in [1.82, 2.24) is 24.8 Å². The van der Waals surface area contributed by atoms with Gasteiger partial charge < -0.3 is 10.2 Å². The highest BCUT2D eigenvalue weighted by molar-refractivity contribution is 6.01. The molecule has 3 aromatic heterocycles. The van der Waals surface area contributed by atoms with Gasteiger partial charge in [0.15, 0.2) is 5.65 Å². The third kappa shape index (κ3) is 2.91. The number of rotatable bonds is 3. The molecular weight excluding hydrogens is 364 g/mol. The van der Waals surface area contributed by atoms with Crippen LogP contribution in [0, 0.1) is 0 Å². The highest BCUT2D eigenvalue weighted by atomic mass is 16.2. The first-order valence-electron chi connectivity index (χ1n) is 9.46. The van der Waals surface area contributed by atoms with Crippen LogP contribution in [-0.4, -0.2) is 31.1 Å². The Morgan fingerprint density at radius 1 is 1.00 bits per heavy atom. The minimum absolute atomic E-state index is 0.120. The molecule has 7 nitrogen and oxygen atoms in total. The van der Waals surface area contributed by atoms with E-state index in [1.54, 1.807) is 12.4 Å². The largest absolute Gasteiger partial charge is 0.330 e. The Hall–Kier alpha value is -3.74. The van der Waals surface area contributed by atoms with Crippen LogP contribution in [-0.2, 0) is 6.54 Å². The van der Waals surface area contributed by atoms with E-state index in [-0.39, 0.29) is 5.91 Å². The molecule has 0 spiro atoms. The molecule has 0 radical (unpaired) electrons. The molecular formula is C22H20N6O. The fraction of sp³-hybridized carbons (Fsp3) is 0.182. The molecule has 1 amide bonds. The van der Waals surface area contributed by atoms with Gasteiger partial charge in [-0.15, -0.1) is 0 Å². The van der Waals surface area contributed by atoms with Crippen molar-refractivity contribution < 1.29 is 4.79 Å². The van der Waals surface area contributed by atoms with E-state index in [1.165, 1.54) is 0 Å². The highest BCUT2D eigenvalue weighted by Crippen LogP contribution is 2.32. The molecule has 7 heteroatoms. The third-order valence-electron chi connectivity index (χ3n) is 5.20. The normalized spacial score (nSPS) is 15.2. The molecule has 1 aromatic carbocycles. The van der Waals surface area contributed by atoms with Crippen LogP contribution in [0.25, 0.3) is 17.0 Å². The summed E-state index contributed by atoms with van der Waals surface area (Å²) >= 11 is 0. The number of hydrogen-bond donors (Lipinski definition) is 1. The number of nitrogens with zero attached hydrogens (tertiary/aromatic N) is 5. The summed E-state index contributed by atoms with van der Waals surface area (Å²) in [5, 5.41) is 3.08. The van der Waals surface area contributed by atoms with E-state index < -0.39 is 5.66 Å². The number of anilines is 1. The van der Waals surface area contributed by atoms with Crippen LogP contribution in [0.4, 0.5) is 5.82 Å². The number of pyridine rings is 1. The zero-order chi connectivity index (χ0) is 20.0. The molecule has 4 heterocycles. The minimum Gasteiger partial charge on any atom is -0.330 e. The van der Waals surface area contributed by atoms with Gasteiger partial charge >= 0.3 is 0 Å². The number of hydrogen-bond acceptors (Lipinski definition) is 5. The van der Waals surface area contributed by atoms with Gasteiger partial charge in [-0.2, -0.15) is 0 Å². The van der Waals surface area contributed by atoms with E-state index in [0.717, 1.165) is 16.7 Å². The van der Waals surface area contributed by atoms with Gasteiger partial charge in [0.05, 0.1) is 5.56 Å². The van der Waals surface area contributed by atoms with E-state index in [0.29, 0.717) is 23.7 Å². The van der Waals surface area contributed by atoms with Gasteiger partial charge in [0.1, 0.15) is 22.8 Å². The molecule has 0 unspecified atom stereocenters. The number of carbonyl (C=O) groups excluding carboxylic acids is 1. The predicted octanol–water partition coefficient (Wildman–Crippen LogP) is 3.30. The fourth-order valence-corrected chi connectivity index (χ4v) is 3.72. The molecule has 0 saturated carbocycles. The smallest absolute Gasteiger partial charge is 0.256 e. The Labute approximate surface area is 168 Å². The summed E-state index contributed by atoms with van der Waals surface area (Å²) in [7, 11) is 0. The molecule has 1 aliphatic heterocycles. The third-order valence-corrected chi connectivity index (χ3v) is 5.20. The summed E-state index contributed by atoms with van der Waals surface area (Å²) in [5.41, 5.74) is 2.66. The second-order valence-electron chi connectivity index (χ2n) is 7.58. The standard InChI is InChI=1S/C22H20N6O/c1-22(2)26-21(29)16-8-9-18(27-13-10-17-20(27)24-12-11-23-17)25-19(16)28(22)14-15-6-4-3-5-7-15/h3-13H,14H2,1-2H3,(H,26,29). The van der Waals surface area contributed by atoms with Crippen molar-refractivity contribution in [3.8, 4) is 5.82 Å². The lowest BCUT2D eigenvalue weighted by atomic mass is 10.0. The molecule has 0 fully saturated rings. The van der Waals surface area contributed by atoms with Crippen LogP contribution in [0.15, 0.2) is 67.1 Å². The number of carbonyl (C=O) groups is 1. The molecule has 0 saturated heterocycles. The molecule has 0 aliphatic carbocycles. The highest BCUT2D eigenvalue weighted by Gasteiger charge is 2.38. The van der Waals surface area contributed by atoms with E-state index in [9.17, 15) is 4.79 Å². The van der Waals surface area contributed by atoms with Gasteiger partial charge in [-0.1, -0.05) is 30.3 Å². The number of nitrogens with one attached hydrogen (secondary N) is 1. The van der Waals surface area contributed by atoms with E-state index in [2.05, 4.69) is 32.3 Å². The Bertz CT molecular complexity index is 1210. The topological polar surface area (TPSA) is 75.9 Å². The van der Waals surface area contributed by atoms with Crippen LogP contribution in [0.2, 0.25) is 0 Å². The first kappa shape index (κ1) is 17.4. The van der Waals surface area contributed by atoms with E-state index >= 15 is 0 Å². The Morgan fingerprint density at radius 3 is 2.62 bits per heavy atom. The molecule has 29 heavy (non-hydrogen) atoms. The van der Waals surface area contributed by atoms with Gasteiger partial charge in [0.2, 0.25) is 0 Å². The first-order chi connectivity index (χ1) is 14.0. The molecule has 0 bridgehead atoms. The molecule has 1 aliphatic rings. The van der Waals surface area contributed by atoms with E-state index in [1.807, 2.05) is 61.0 Å². The van der Waals surface area contributed by atoms with Gasteiger partial charge in [-0.3, -0.25) is 14.3 Å². The maximum atomic E-state index is 12.7. The lowest BCUT2D eigenvalue weighted by Crippen LogP contribution is -2.60. The zero-order valence-corrected chi connectivity index (χ0v) is 16.2. The summed E-state index contributed by atoms with van der Waals surface area (Å²) < 4.78 is 1.89. The summed E-state index contributed by atoms with van der Waals surface area (Å²) in [6.07, 6.45) is 5.23. The monoisotopic (exact) mass is 384 g/mol. The van der Waals surface area contributed by atoms with Crippen molar-refractivity contribution >= 4 is 22.9 Å². The second kappa shape index (κ2) is 6.41. The van der Waals surface area contributed by atoms with Crippen LogP contribution in [0.5, 0.6) is 0 Å². The van der Waals surface area contributed by atoms with Crippen LogP contribution in [0.3, 0.4) is 0 Å². The van der Waals surface area contributed by atoms with Crippen LogP contribution >= 0.6 is 0 Å². The van der Waals surface area contributed by atoms with Gasteiger partial charge in [-0.05, 0) is 37.6 Å². The lowest BCUT2D eigenvalue weighted by Gasteiger charge is -2.44. The molecule has 144 valence electrons. The van der Waals surface area contributed by atoms with Gasteiger partial charge in [-0.25, -0.2) is 9.97 Å². The predicted molar refractivity (Wildman–Crippen MR) is 111 cm³/mol. The second-order valence-corrected chi connectivity index (χ2v) is 7.58. The van der Waals surface area contributed by atoms with Crippen molar-refractivity contribution in [1.29, 1.82) is 0 Å². The van der Waals surface area contributed by atoms with Crippen molar-refractivity contribution in [2.24, 2.45) is 0 Å². The van der Waals surface area contributed by atoms with Crippen LogP contribution in [0.1, 0.15) is 29.8 Å². The quantitative estimate of drug-likeness (QED) is 0.587. The summed E-state index contributed by atoms with van der Waals surface area (Å²) in [4.78, 5) is 28.5. The first-order valence-corrected chi connectivity index (χ1v) is 9.46. The van der Waals surface area contributed by atoms with Crippen molar-refractivity contribution in [3.05, 3.63) is 78.2 Å². The number of fused-ring (bicyclic) bond motifs is 2. The zero-order valence-electron chi connectivity index (χ0n) is 16.2. The maximum absolute atomic E-state index is 12.7. The Kier molecular flexibility index (Phi) is 3.84. The number of aromatic nitrogens is 4. The van der Waals surface area contributed by atoms with Crippen molar-refractivity contribution in [2.45, 2.75) is 26.1 Å². The van der Waals surface area contributed by atoms with Crippen LogP contribution < -0.4 is 10.2 Å². The molecule has 5 rings (SSSR count). The molecule has 4 aromatic rings. The summed E-state index contributed by atoms with van der Waals surface area (Å²) in [6.45, 7) is 4.60. The van der Waals surface area contributed by atoms with E-state index in [4.69, 9.17) is 4.98 Å². The number of amides is 1.